The van der Waals surface area contributed by atoms with Gasteiger partial charge < -0.3 is 15.2 Å². The number of hydrogen-bond acceptors (Lipinski definition) is 4. The van der Waals surface area contributed by atoms with Crippen LogP contribution in [0, 0.1) is 6.92 Å². The number of nitrogens with two attached hydrogens (primary N) is 1. The van der Waals surface area contributed by atoms with Crippen molar-refractivity contribution in [3.8, 4) is 5.75 Å². The Bertz CT molecular complexity index is 453. The summed E-state index contributed by atoms with van der Waals surface area (Å²) in [6.07, 6.45) is 0. The van der Waals surface area contributed by atoms with Gasteiger partial charge in [-0.3, -0.25) is 0 Å². The number of aryl methyl sites for hydroxylation is 1. The molecule has 1 atom stereocenters. The van der Waals surface area contributed by atoms with Crippen molar-refractivity contribution in [3.63, 3.8) is 0 Å². The van der Waals surface area contributed by atoms with Crippen molar-refractivity contribution in [3.05, 3.63) is 29.3 Å². The quantitative estimate of drug-likeness (QED) is 0.830. The molecule has 0 radical (unpaired) electrons. The van der Waals surface area contributed by atoms with E-state index in [2.05, 4.69) is 18.6 Å². The van der Waals surface area contributed by atoms with E-state index in [0.29, 0.717) is 11.7 Å². The smallest absolute Gasteiger partial charge is 0.329 e. The molecule has 106 valence electrons. The van der Waals surface area contributed by atoms with Gasteiger partial charge in [0.1, 0.15) is 17.9 Å². The molecule has 4 heteroatoms. The molecule has 0 bridgehead atoms. The molecule has 0 fully saturated rings. The van der Waals surface area contributed by atoms with E-state index in [1.807, 2.05) is 25.1 Å². The van der Waals surface area contributed by atoms with Crippen LogP contribution in [0.4, 0.5) is 0 Å². The van der Waals surface area contributed by atoms with Crippen LogP contribution in [0.3, 0.4) is 0 Å². The van der Waals surface area contributed by atoms with Crippen LogP contribution in [0.2, 0.25) is 0 Å². The van der Waals surface area contributed by atoms with Gasteiger partial charge in [-0.25, -0.2) is 4.79 Å². The summed E-state index contributed by atoms with van der Waals surface area (Å²) >= 11 is 0. The summed E-state index contributed by atoms with van der Waals surface area (Å²) < 4.78 is 10.2. The molecule has 0 amide bonds. The third kappa shape index (κ3) is 3.96. The predicted molar refractivity (Wildman–Crippen MR) is 75.4 cm³/mol. The van der Waals surface area contributed by atoms with Crippen molar-refractivity contribution >= 4 is 5.97 Å². The molecule has 1 unspecified atom stereocenters. The number of carbonyl (C=O) groups excluding carboxylic acids is 1. The number of rotatable bonds is 5. The zero-order valence-corrected chi connectivity index (χ0v) is 12.3. The fourth-order valence-electron chi connectivity index (χ4n) is 1.91. The van der Waals surface area contributed by atoms with Crippen molar-refractivity contribution < 1.29 is 14.3 Å². The monoisotopic (exact) mass is 265 g/mol. The lowest BCUT2D eigenvalue weighted by atomic mass is 9.98. The van der Waals surface area contributed by atoms with E-state index >= 15 is 0 Å². The molecule has 19 heavy (non-hydrogen) atoms. The number of esters is 1. The van der Waals surface area contributed by atoms with E-state index in [4.69, 9.17) is 10.5 Å². The second-order valence-corrected chi connectivity index (χ2v) is 5.37. The minimum atomic E-state index is -1.14. The fraction of sp³-hybridized carbons (Fsp3) is 0.533. The standard InChI is InChI=1S/C15H23NO3/c1-10(2)13-7-6-12(8-11(13)3)19-9-15(4,16)14(17)18-5/h6-8,10H,9,16H2,1-5H3. The predicted octanol–water partition coefficient (Wildman–Crippen LogP) is 2.39. The zero-order valence-electron chi connectivity index (χ0n) is 12.3. The highest BCUT2D eigenvalue weighted by atomic mass is 16.5. The van der Waals surface area contributed by atoms with Crippen molar-refractivity contribution in [2.75, 3.05) is 13.7 Å². The average molecular weight is 265 g/mol. The SMILES string of the molecule is COC(=O)C(C)(N)COc1ccc(C(C)C)c(C)c1. The summed E-state index contributed by atoms with van der Waals surface area (Å²) in [5.41, 5.74) is 7.15. The average Bonchev–Trinajstić information content (AvgIpc) is 2.35. The van der Waals surface area contributed by atoms with E-state index in [9.17, 15) is 4.79 Å². The Hall–Kier alpha value is -1.55. The molecule has 1 aromatic carbocycles. The van der Waals surface area contributed by atoms with Crippen molar-refractivity contribution in [2.24, 2.45) is 5.73 Å². The second-order valence-electron chi connectivity index (χ2n) is 5.37. The van der Waals surface area contributed by atoms with E-state index < -0.39 is 11.5 Å². The molecule has 0 spiro atoms. The Labute approximate surface area is 114 Å². The first-order valence-corrected chi connectivity index (χ1v) is 6.38. The summed E-state index contributed by atoms with van der Waals surface area (Å²) in [6.45, 7) is 8.02. The normalized spacial score (nSPS) is 14.1. The minimum absolute atomic E-state index is 0.0835. The number of ether oxygens (including phenoxy) is 2. The maximum Gasteiger partial charge on any atom is 0.329 e. The van der Waals surface area contributed by atoms with Crippen LogP contribution >= 0.6 is 0 Å². The van der Waals surface area contributed by atoms with Gasteiger partial charge in [0.25, 0.3) is 0 Å². The van der Waals surface area contributed by atoms with Gasteiger partial charge in [0.05, 0.1) is 7.11 Å². The van der Waals surface area contributed by atoms with Gasteiger partial charge >= 0.3 is 5.97 Å². The van der Waals surface area contributed by atoms with Gasteiger partial charge in [-0.05, 0) is 43.0 Å². The highest BCUT2D eigenvalue weighted by Gasteiger charge is 2.30. The van der Waals surface area contributed by atoms with Crippen LogP contribution in [0.5, 0.6) is 5.75 Å². The molecule has 0 heterocycles. The van der Waals surface area contributed by atoms with Crippen LogP contribution in [0.25, 0.3) is 0 Å². The first-order chi connectivity index (χ1) is 8.77. The lowest BCUT2D eigenvalue weighted by molar-refractivity contribution is -0.147. The van der Waals surface area contributed by atoms with Crippen molar-refractivity contribution in [1.29, 1.82) is 0 Å². The molecular formula is C15H23NO3. The Morgan fingerprint density at radius 1 is 1.42 bits per heavy atom. The van der Waals surface area contributed by atoms with E-state index in [-0.39, 0.29) is 6.61 Å². The Balaban J connectivity index is 2.74. The zero-order chi connectivity index (χ0) is 14.6. The van der Waals surface area contributed by atoms with Gasteiger partial charge in [0.2, 0.25) is 0 Å². The molecular weight excluding hydrogens is 242 g/mol. The van der Waals surface area contributed by atoms with Crippen molar-refractivity contribution in [2.45, 2.75) is 39.2 Å². The number of carbonyl (C=O) groups is 1. The molecule has 4 nitrogen and oxygen atoms in total. The van der Waals surface area contributed by atoms with Crippen LogP contribution in [0.15, 0.2) is 18.2 Å². The largest absolute Gasteiger partial charge is 0.491 e. The lowest BCUT2D eigenvalue weighted by Gasteiger charge is -2.22. The molecule has 1 rings (SSSR count). The van der Waals surface area contributed by atoms with Crippen LogP contribution in [-0.2, 0) is 9.53 Å². The fourth-order valence-corrected chi connectivity index (χ4v) is 1.91. The van der Waals surface area contributed by atoms with Crippen LogP contribution in [0.1, 0.15) is 37.8 Å². The number of methoxy groups -OCH3 is 1. The molecule has 0 aromatic heterocycles. The summed E-state index contributed by atoms with van der Waals surface area (Å²) in [5.74, 6) is 0.703. The first kappa shape index (κ1) is 15.5. The highest BCUT2D eigenvalue weighted by Crippen LogP contribution is 2.23. The van der Waals surface area contributed by atoms with E-state index in [1.165, 1.54) is 18.2 Å². The topological polar surface area (TPSA) is 61.5 Å². The molecule has 0 aliphatic carbocycles. The van der Waals surface area contributed by atoms with Crippen LogP contribution < -0.4 is 10.5 Å². The third-order valence-electron chi connectivity index (χ3n) is 3.05. The number of benzene rings is 1. The molecule has 0 aliphatic heterocycles. The van der Waals surface area contributed by atoms with Gasteiger partial charge in [0, 0.05) is 0 Å². The highest BCUT2D eigenvalue weighted by molar-refractivity contribution is 5.80. The molecule has 0 saturated heterocycles. The third-order valence-corrected chi connectivity index (χ3v) is 3.05. The summed E-state index contributed by atoms with van der Waals surface area (Å²) in [7, 11) is 1.31. The second kappa shape index (κ2) is 6.06. The van der Waals surface area contributed by atoms with Gasteiger partial charge in [-0.2, -0.15) is 0 Å². The maximum absolute atomic E-state index is 11.4. The van der Waals surface area contributed by atoms with E-state index in [0.717, 1.165) is 0 Å². The first-order valence-electron chi connectivity index (χ1n) is 6.38. The van der Waals surface area contributed by atoms with E-state index in [1.54, 1.807) is 6.92 Å². The Kier molecular flexibility index (Phi) is 4.95. The number of hydrogen-bond donors (Lipinski definition) is 1. The molecule has 2 N–H and O–H groups in total. The minimum Gasteiger partial charge on any atom is -0.491 e. The molecule has 0 saturated carbocycles. The Morgan fingerprint density at radius 2 is 2.05 bits per heavy atom. The summed E-state index contributed by atoms with van der Waals surface area (Å²) in [4.78, 5) is 11.4. The van der Waals surface area contributed by atoms with Crippen molar-refractivity contribution in [1.82, 2.24) is 0 Å². The molecule has 1 aromatic rings. The summed E-state index contributed by atoms with van der Waals surface area (Å²) in [6, 6.07) is 5.90. The van der Waals surface area contributed by atoms with Gasteiger partial charge in [-0.15, -0.1) is 0 Å². The lowest BCUT2D eigenvalue weighted by Crippen LogP contribution is -2.50. The Morgan fingerprint density at radius 3 is 2.53 bits per heavy atom. The maximum atomic E-state index is 11.4. The van der Waals surface area contributed by atoms with Gasteiger partial charge in [-0.1, -0.05) is 19.9 Å². The summed E-state index contributed by atoms with van der Waals surface area (Å²) in [5, 5.41) is 0. The van der Waals surface area contributed by atoms with Gasteiger partial charge in [0.15, 0.2) is 0 Å². The van der Waals surface area contributed by atoms with Crippen LogP contribution in [-0.4, -0.2) is 25.2 Å². The molecule has 0 aliphatic rings.